The van der Waals surface area contributed by atoms with Crippen molar-refractivity contribution >= 4 is 17.6 Å². The lowest BCUT2D eigenvalue weighted by Crippen LogP contribution is -2.30. The first-order valence-electron chi connectivity index (χ1n) is 8.73. The Bertz CT molecular complexity index is 800. The van der Waals surface area contributed by atoms with Gasteiger partial charge in [-0.15, -0.1) is 0 Å². The number of esters is 1. The van der Waals surface area contributed by atoms with E-state index in [1.807, 2.05) is 24.3 Å². The molecule has 2 N–H and O–H groups in total. The monoisotopic (exact) mass is 355 g/mol. The van der Waals surface area contributed by atoms with Crippen molar-refractivity contribution in [1.82, 2.24) is 0 Å². The van der Waals surface area contributed by atoms with Crippen LogP contribution in [0.25, 0.3) is 0 Å². The van der Waals surface area contributed by atoms with E-state index in [1.54, 1.807) is 13.0 Å². The lowest BCUT2D eigenvalue weighted by Gasteiger charge is -2.18. The fourth-order valence-corrected chi connectivity index (χ4v) is 2.59. The average molecular weight is 355 g/mol. The van der Waals surface area contributed by atoms with E-state index in [0.717, 1.165) is 17.5 Å². The molecule has 138 valence electrons. The Morgan fingerprint density at radius 1 is 1.15 bits per heavy atom. The summed E-state index contributed by atoms with van der Waals surface area (Å²) in [5.41, 5.74) is 2.62. The van der Waals surface area contributed by atoms with Crippen LogP contribution in [0.1, 0.15) is 54.6 Å². The molecular weight excluding hydrogens is 330 g/mol. The second kappa shape index (κ2) is 8.52. The third kappa shape index (κ3) is 4.63. The predicted octanol–water partition coefficient (Wildman–Crippen LogP) is 4.40. The Morgan fingerprint density at radius 3 is 2.54 bits per heavy atom. The molecule has 5 heteroatoms. The molecule has 2 aromatic rings. The number of aryl methyl sites for hydroxylation is 1. The minimum absolute atomic E-state index is 0.0460. The zero-order valence-corrected chi connectivity index (χ0v) is 15.6. The summed E-state index contributed by atoms with van der Waals surface area (Å²) in [6.45, 7) is 7.49. The van der Waals surface area contributed by atoms with Gasteiger partial charge < -0.3 is 15.2 Å². The van der Waals surface area contributed by atoms with E-state index >= 15 is 0 Å². The summed E-state index contributed by atoms with van der Waals surface area (Å²) in [6.07, 6.45) is -0.0447. The molecule has 0 radical (unpaired) electrons. The van der Waals surface area contributed by atoms with Crippen LogP contribution in [0.3, 0.4) is 0 Å². The van der Waals surface area contributed by atoms with Crippen LogP contribution in [0.5, 0.6) is 5.75 Å². The van der Waals surface area contributed by atoms with Crippen molar-refractivity contribution in [2.75, 3.05) is 5.32 Å². The number of phenolic OH excluding ortho intramolecular Hbond substituents is 1. The van der Waals surface area contributed by atoms with Crippen molar-refractivity contribution in [2.45, 2.75) is 46.1 Å². The number of hydrogen-bond donors (Lipinski definition) is 2. The number of carbonyl (C=O) groups is 2. The van der Waals surface area contributed by atoms with Gasteiger partial charge in [-0.05, 0) is 49.9 Å². The Balaban J connectivity index is 2.09. The fraction of sp³-hybridized carbons (Fsp3) is 0.333. The quantitative estimate of drug-likeness (QED) is 0.753. The molecule has 0 aliphatic carbocycles. The first-order valence-corrected chi connectivity index (χ1v) is 8.73. The van der Waals surface area contributed by atoms with Gasteiger partial charge in [0.15, 0.2) is 6.10 Å². The number of anilines is 1. The lowest BCUT2D eigenvalue weighted by molar-refractivity contribution is -0.123. The maximum atomic E-state index is 12.4. The van der Waals surface area contributed by atoms with Crippen LogP contribution in [0.15, 0.2) is 42.5 Å². The largest absolute Gasteiger partial charge is 0.507 e. The van der Waals surface area contributed by atoms with Crippen molar-refractivity contribution in [2.24, 2.45) is 0 Å². The van der Waals surface area contributed by atoms with E-state index in [1.165, 1.54) is 19.1 Å². The van der Waals surface area contributed by atoms with Crippen LogP contribution in [-0.4, -0.2) is 23.1 Å². The number of phenols is 1. The van der Waals surface area contributed by atoms with Gasteiger partial charge in [0.2, 0.25) is 0 Å². The SMILES string of the molecule is CC[C@@H](C)c1ccccc1NC(=O)[C@@H](C)OC(=O)c1cc(C)ccc1O. The number of para-hydroxylation sites is 1. The van der Waals surface area contributed by atoms with E-state index in [2.05, 4.69) is 19.2 Å². The first kappa shape index (κ1) is 19.5. The van der Waals surface area contributed by atoms with E-state index in [4.69, 9.17) is 4.74 Å². The topological polar surface area (TPSA) is 75.6 Å². The van der Waals surface area contributed by atoms with Crippen molar-refractivity contribution in [1.29, 1.82) is 0 Å². The highest BCUT2D eigenvalue weighted by atomic mass is 16.5. The zero-order valence-electron chi connectivity index (χ0n) is 15.6. The van der Waals surface area contributed by atoms with E-state index in [-0.39, 0.29) is 11.3 Å². The normalized spacial score (nSPS) is 12.9. The summed E-state index contributed by atoms with van der Waals surface area (Å²) in [7, 11) is 0. The van der Waals surface area contributed by atoms with Gasteiger partial charge in [0.1, 0.15) is 11.3 Å². The molecule has 0 aliphatic rings. The Labute approximate surface area is 154 Å². The number of amides is 1. The van der Waals surface area contributed by atoms with Gasteiger partial charge in [0.05, 0.1) is 0 Å². The number of rotatable bonds is 6. The Kier molecular flexibility index (Phi) is 6.39. The molecule has 0 unspecified atom stereocenters. The molecule has 1 amide bonds. The Hall–Kier alpha value is -2.82. The molecule has 0 aromatic heterocycles. The van der Waals surface area contributed by atoms with Crippen molar-refractivity contribution in [3.8, 4) is 5.75 Å². The maximum absolute atomic E-state index is 12.4. The van der Waals surface area contributed by atoms with Gasteiger partial charge in [0, 0.05) is 5.69 Å². The second-order valence-electron chi connectivity index (χ2n) is 6.45. The summed E-state index contributed by atoms with van der Waals surface area (Å²) in [4.78, 5) is 24.7. The molecule has 2 rings (SSSR count). The van der Waals surface area contributed by atoms with Crippen molar-refractivity contribution in [3.63, 3.8) is 0 Å². The smallest absolute Gasteiger partial charge is 0.342 e. The molecular formula is C21H25NO4. The number of carbonyl (C=O) groups excluding carboxylic acids is 2. The summed E-state index contributed by atoms with van der Waals surface area (Å²) in [6, 6.07) is 12.2. The molecule has 0 saturated heterocycles. The molecule has 2 aromatic carbocycles. The molecule has 0 saturated carbocycles. The van der Waals surface area contributed by atoms with E-state index in [0.29, 0.717) is 11.6 Å². The first-order chi connectivity index (χ1) is 12.3. The molecule has 2 atom stereocenters. The highest BCUT2D eigenvalue weighted by molar-refractivity contribution is 5.98. The van der Waals surface area contributed by atoms with Gasteiger partial charge in [-0.3, -0.25) is 4.79 Å². The summed E-state index contributed by atoms with van der Waals surface area (Å²) in [5.74, 6) is -1.02. The molecule has 5 nitrogen and oxygen atoms in total. The maximum Gasteiger partial charge on any atom is 0.342 e. The molecule has 0 aliphatic heterocycles. The minimum atomic E-state index is -0.993. The lowest BCUT2D eigenvalue weighted by atomic mass is 9.97. The number of aromatic hydroxyl groups is 1. The fourth-order valence-electron chi connectivity index (χ4n) is 2.59. The van der Waals surface area contributed by atoms with Gasteiger partial charge in [-0.2, -0.15) is 0 Å². The van der Waals surface area contributed by atoms with Gasteiger partial charge in [-0.25, -0.2) is 4.79 Å². The molecule has 0 fully saturated rings. The third-order valence-corrected chi connectivity index (χ3v) is 4.39. The van der Waals surface area contributed by atoms with Crippen LogP contribution in [-0.2, 0) is 9.53 Å². The van der Waals surface area contributed by atoms with Crippen LogP contribution in [0.4, 0.5) is 5.69 Å². The zero-order chi connectivity index (χ0) is 19.3. The molecule has 0 heterocycles. The molecule has 26 heavy (non-hydrogen) atoms. The third-order valence-electron chi connectivity index (χ3n) is 4.39. The van der Waals surface area contributed by atoms with Gasteiger partial charge >= 0.3 is 5.97 Å². The molecule has 0 bridgehead atoms. The summed E-state index contributed by atoms with van der Waals surface area (Å²) < 4.78 is 5.22. The van der Waals surface area contributed by atoms with Gasteiger partial charge in [0.25, 0.3) is 5.91 Å². The van der Waals surface area contributed by atoms with E-state index in [9.17, 15) is 14.7 Å². The van der Waals surface area contributed by atoms with Crippen LogP contribution in [0.2, 0.25) is 0 Å². The minimum Gasteiger partial charge on any atom is -0.507 e. The summed E-state index contributed by atoms with van der Waals surface area (Å²) >= 11 is 0. The van der Waals surface area contributed by atoms with Gasteiger partial charge in [-0.1, -0.05) is 43.7 Å². The van der Waals surface area contributed by atoms with E-state index < -0.39 is 18.0 Å². The standard InChI is InChI=1S/C21H25NO4/c1-5-14(3)16-8-6-7-9-18(16)22-20(24)15(4)26-21(25)17-12-13(2)10-11-19(17)23/h6-12,14-15,23H,5H2,1-4H3,(H,22,24)/t14-,15-/m1/s1. The van der Waals surface area contributed by atoms with Crippen LogP contribution in [0, 0.1) is 6.92 Å². The van der Waals surface area contributed by atoms with Crippen LogP contribution < -0.4 is 5.32 Å². The number of nitrogens with one attached hydrogen (secondary N) is 1. The Morgan fingerprint density at radius 2 is 1.85 bits per heavy atom. The average Bonchev–Trinajstić information content (AvgIpc) is 2.63. The van der Waals surface area contributed by atoms with Crippen LogP contribution >= 0.6 is 0 Å². The van der Waals surface area contributed by atoms with Crippen molar-refractivity contribution in [3.05, 3.63) is 59.2 Å². The van der Waals surface area contributed by atoms with Crippen molar-refractivity contribution < 1.29 is 19.4 Å². The second-order valence-corrected chi connectivity index (χ2v) is 6.45. The highest BCUT2D eigenvalue weighted by Crippen LogP contribution is 2.27. The predicted molar refractivity (Wildman–Crippen MR) is 101 cm³/mol. The highest BCUT2D eigenvalue weighted by Gasteiger charge is 2.22. The number of benzene rings is 2. The molecule has 0 spiro atoms. The number of ether oxygens (including phenoxy) is 1. The number of hydrogen-bond acceptors (Lipinski definition) is 4. The summed E-state index contributed by atoms with van der Waals surface area (Å²) in [5, 5.41) is 12.6.